The van der Waals surface area contributed by atoms with Crippen LogP contribution < -0.4 is 0 Å². The molecule has 2 aliphatic rings. The van der Waals surface area contributed by atoms with Crippen molar-refractivity contribution in [2.45, 2.75) is 35.5 Å². The average Bonchev–Trinajstić information content (AvgIpc) is 3.16. The van der Waals surface area contributed by atoms with E-state index in [0.717, 1.165) is 11.1 Å². The molecule has 1 saturated heterocycles. The molecule has 0 saturated carbocycles. The predicted octanol–water partition coefficient (Wildman–Crippen LogP) is 4.08. The molecule has 2 aromatic carbocycles. The molecule has 4 rings (SSSR count). The third-order valence-electron chi connectivity index (χ3n) is 5.27. The molecule has 3 nitrogen and oxygen atoms in total. The molecule has 1 aliphatic carbocycles. The zero-order valence-electron chi connectivity index (χ0n) is 13.9. The van der Waals surface area contributed by atoms with Crippen molar-refractivity contribution in [2.24, 2.45) is 0 Å². The van der Waals surface area contributed by atoms with E-state index in [2.05, 4.69) is 0 Å². The van der Waals surface area contributed by atoms with Gasteiger partial charge in [-0.2, -0.15) is 0 Å². The quantitative estimate of drug-likeness (QED) is 0.830. The number of benzene rings is 2. The molecule has 0 spiro atoms. The highest BCUT2D eigenvalue weighted by Gasteiger charge is 2.62. The van der Waals surface area contributed by atoms with Gasteiger partial charge in [-0.25, -0.2) is 12.8 Å². The van der Waals surface area contributed by atoms with E-state index in [-0.39, 0.29) is 24.3 Å². The topological polar surface area (TPSA) is 43.4 Å². The number of hydrogen-bond acceptors (Lipinski definition) is 3. The van der Waals surface area contributed by atoms with Crippen LogP contribution in [0.15, 0.2) is 65.3 Å². The predicted molar refractivity (Wildman–Crippen MR) is 94.5 cm³/mol. The Labute approximate surface area is 147 Å². The van der Waals surface area contributed by atoms with Gasteiger partial charge in [0.15, 0.2) is 14.6 Å². The summed E-state index contributed by atoms with van der Waals surface area (Å²) in [6.45, 7) is 2.14. The van der Waals surface area contributed by atoms with Crippen molar-refractivity contribution >= 4 is 15.4 Å². The lowest BCUT2D eigenvalue weighted by molar-refractivity contribution is 0.109. The zero-order valence-corrected chi connectivity index (χ0v) is 14.7. The summed E-state index contributed by atoms with van der Waals surface area (Å²) in [5.41, 5.74) is 2.13. The largest absolute Gasteiger partial charge is 0.376 e. The Bertz CT molecular complexity index is 933. The Morgan fingerprint density at radius 3 is 2.44 bits per heavy atom. The molecular weight excluding hydrogens is 339 g/mol. The van der Waals surface area contributed by atoms with Crippen molar-refractivity contribution in [2.75, 3.05) is 6.61 Å². The Morgan fingerprint density at radius 2 is 1.76 bits per heavy atom. The lowest BCUT2D eigenvalue weighted by Crippen LogP contribution is -2.43. The lowest BCUT2D eigenvalue weighted by atomic mass is 10.0. The van der Waals surface area contributed by atoms with Crippen LogP contribution in [0.4, 0.5) is 4.39 Å². The molecule has 0 aromatic heterocycles. The minimum absolute atomic E-state index is 0.149. The highest BCUT2D eigenvalue weighted by atomic mass is 32.2. The summed E-state index contributed by atoms with van der Waals surface area (Å²) in [6, 6.07) is 15.7. The second-order valence-corrected chi connectivity index (χ2v) is 8.88. The number of hydrogen-bond donors (Lipinski definition) is 0. The van der Waals surface area contributed by atoms with E-state index in [1.165, 1.54) is 0 Å². The van der Waals surface area contributed by atoms with E-state index in [1.807, 2.05) is 37.3 Å². The smallest absolute Gasteiger partial charge is 0.193 e. The molecule has 1 heterocycles. The van der Waals surface area contributed by atoms with Gasteiger partial charge in [0.25, 0.3) is 0 Å². The van der Waals surface area contributed by atoms with Gasteiger partial charge in [-0.3, -0.25) is 0 Å². The molecule has 0 N–H and O–H groups in total. The first-order chi connectivity index (χ1) is 12.0. The second kappa shape index (κ2) is 5.78. The molecule has 1 aliphatic heterocycles. The zero-order chi connectivity index (χ0) is 17.7. The molecule has 2 atom stereocenters. The van der Waals surface area contributed by atoms with E-state index < -0.39 is 26.5 Å². The molecule has 1 fully saturated rings. The van der Waals surface area contributed by atoms with Crippen molar-refractivity contribution in [3.05, 3.63) is 71.6 Å². The van der Waals surface area contributed by atoms with Crippen molar-refractivity contribution in [3.8, 4) is 0 Å². The van der Waals surface area contributed by atoms with Crippen molar-refractivity contribution < 1.29 is 17.5 Å². The van der Waals surface area contributed by atoms with Gasteiger partial charge in [0.2, 0.25) is 0 Å². The third kappa shape index (κ3) is 2.29. The Balaban J connectivity index is 1.89. The van der Waals surface area contributed by atoms with Crippen LogP contribution in [-0.4, -0.2) is 25.9 Å². The summed E-state index contributed by atoms with van der Waals surface area (Å²) >= 11 is 0. The number of halogens is 1. The summed E-state index contributed by atoms with van der Waals surface area (Å²) < 4.78 is 46.4. The minimum atomic E-state index is -3.90. The molecule has 2 aromatic rings. The van der Waals surface area contributed by atoms with Crippen LogP contribution in [0.3, 0.4) is 0 Å². The molecule has 25 heavy (non-hydrogen) atoms. The van der Waals surface area contributed by atoms with Crippen LogP contribution in [0.2, 0.25) is 0 Å². The van der Waals surface area contributed by atoms with Gasteiger partial charge in [0.1, 0.15) is 5.83 Å². The monoisotopic (exact) mass is 358 g/mol. The van der Waals surface area contributed by atoms with Crippen LogP contribution in [0.25, 0.3) is 5.57 Å². The highest BCUT2D eigenvalue weighted by molar-refractivity contribution is 7.93. The fourth-order valence-electron chi connectivity index (χ4n) is 3.89. The van der Waals surface area contributed by atoms with Gasteiger partial charge in [0.05, 0.1) is 11.0 Å². The summed E-state index contributed by atoms with van der Waals surface area (Å²) in [6.07, 6.45) is -0.245. The number of ether oxygens (including phenoxy) is 1. The summed E-state index contributed by atoms with van der Waals surface area (Å²) in [5.74, 6) is -0.554. The van der Waals surface area contributed by atoms with Crippen molar-refractivity contribution in [1.29, 1.82) is 0 Å². The summed E-state index contributed by atoms with van der Waals surface area (Å²) in [7, 11) is -3.90. The van der Waals surface area contributed by atoms with E-state index in [4.69, 9.17) is 4.74 Å². The van der Waals surface area contributed by atoms with Gasteiger partial charge in [0, 0.05) is 13.0 Å². The molecule has 130 valence electrons. The number of aryl methyl sites for hydroxylation is 1. The molecule has 0 unspecified atom stereocenters. The maximum atomic E-state index is 15.6. The fourth-order valence-corrected chi connectivity index (χ4v) is 6.01. The fraction of sp³-hybridized carbons (Fsp3) is 0.300. The molecule has 0 amide bonds. The minimum Gasteiger partial charge on any atom is -0.376 e. The van der Waals surface area contributed by atoms with Gasteiger partial charge >= 0.3 is 0 Å². The summed E-state index contributed by atoms with van der Waals surface area (Å²) in [5, 5.41) is 0. The maximum absolute atomic E-state index is 15.6. The van der Waals surface area contributed by atoms with E-state index in [9.17, 15) is 8.42 Å². The Kier molecular flexibility index (Phi) is 3.81. The van der Waals surface area contributed by atoms with Crippen molar-refractivity contribution in [3.63, 3.8) is 0 Å². The summed E-state index contributed by atoms with van der Waals surface area (Å²) in [4.78, 5) is 0.151. The molecule has 5 heteroatoms. The van der Waals surface area contributed by atoms with Gasteiger partial charge < -0.3 is 4.74 Å². The maximum Gasteiger partial charge on any atom is 0.193 e. The second-order valence-electron chi connectivity index (χ2n) is 6.68. The van der Waals surface area contributed by atoms with E-state index in [1.54, 1.807) is 24.3 Å². The van der Waals surface area contributed by atoms with Gasteiger partial charge in [-0.05, 0) is 36.6 Å². The van der Waals surface area contributed by atoms with Crippen LogP contribution in [0.5, 0.6) is 0 Å². The number of sulfone groups is 1. The third-order valence-corrected chi connectivity index (χ3v) is 7.77. The SMILES string of the molecule is Cc1ccc(S(=O)(=O)[C@@]23CCO[C@@H]2CC(c2ccccc2)=C3F)cc1. The highest BCUT2D eigenvalue weighted by Crippen LogP contribution is 2.54. The Hall–Kier alpha value is -1.98. The molecular formula is C20H19FO3S. The Morgan fingerprint density at radius 1 is 1.08 bits per heavy atom. The van der Waals surface area contributed by atoms with Gasteiger partial charge in [-0.1, -0.05) is 48.0 Å². The molecule has 0 radical (unpaired) electrons. The normalized spacial score (nSPS) is 26.1. The lowest BCUT2D eigenvalue weighted by Gasteiger charge is -2.27. The van der Waals surface area contributed by atoms with Crippen molar-refractivity contribution in [1.82, 2.24) is 0 Å². The van der Waals surface area contributed by atoms with Crippen LogP contribution in [0.1, 0.15) is 24.0 Å². The first-order valence-electron chi connectivity index (χ1n) is 8.34. The van der Waals surface area contributed by atoms with E-state index in [0.29, 0.717) is 5.57 Å². The van der Waals surface area contributed by atoms with Crippen LogP contribution in [-0.2, 0) is 14.6 Å². The number of rotatable bonds is 3. The molecule has 0 bridgehead atoms. The standard InChI is InChI=1S/C20H19FO3S/c1-14-7-9-16(10-8-14)25(22,23)20-11-12-24-18(20)13-17(19(20)21)15-5-3-2-4-6-15/h2-10,18H,11-13H2,1H3/t18-,20+/m1/s1. The average molecular weight is 358 g/mol. The first kappa shape index (κ1) is 16.5. The van der Waals surface area contributed by atoms with Crippen LogP contribution in [0, 0.1) is 6.92 Å². The first-order valence-corrected chi connectivity index (χ1v) is 9.82. The van der Waals surface area contributed by atoms with Gasteiger partial charge in [-0.15, -0.1) is 0 Å². The number of fused-ring (bicyclic) bond motifs is 1. The van der Waals surface area contributed by atoms with Crippen LogP contribution >= 0.6 is 0 Å². The van der Waals surface area contributed by atoms with E-state index >= 15 is 4.39 Å².